The van der Waals surface area contributed by atoms with Gasteiger partial charge < -0.3 is 4.74 Å². The highest BCUT2D eigenvalue weighted by Gasteiger charge is 2.17. The fourth-order valence-electron chi connectivity index (χ4n) is 2.22. The van der Waals surface area contributed by atoms with Crippen LogP contribution in [0.5, 0.6) is 0 Å². The second-order valence-electron chi connectivity index (χ2n) is 4.89. The summed E-state index contributed by atoms with van der Waals surface area (Å²) in [5.41, 5.74) is 0.913. The van der Waals surface area contributed by atoms with Crippen molar-refractivity contribution in [3.63, 3.8) is 0 Å². The van der Waals surface area contributed by atoms with Crippen molar-refractivity contribution in [3.8, 4) is 11.4 Å². The molecule has 1 aliphatic heterocycles. The molecule has 0 aliphatic carbocycles. The van der Waals surface area contributed by atoms with E-state index in [4.69, 9.17) is 16.3 Å². The summed E-state index contributed by atoms with van der Waals surface area (Å²) in [5.74, 6) is 0.614. The summed E-state index contributed by atoms with van der Waals surface area (Å²) in [5, 5.41) is 13.3. The molecule has 7 heteroatoms. The zero-order chi connectivity index (χ0) is 13.9. The van der Waals surface area contributed by atoms with Crippen molar-refractivity contribution < 1.29 is 4.74 Å². The summed E-state index contributed by atoms with van der Waals surface area (Å²) in [6, 6.07) is 7.42. The number of hydrogen-bond donors (Lipinski definition) is 0. The number of rotatable bonds is 3. The molecule has 1 saturated heterocycles. The van der Waals surface area contributed by atoms with Crippen molar-refractivity contribution in [2.45, 2.75) is 19.7 Å². The first-order chi connectivity index (χ1) is 9.70. The van der Waals surface area contributed by atoms with Crippen molar-refractivity contribution in [2.75, 3.05) is 19.7 Å². The third-order valence-corrected chi connectivity index (χ3v) is 3.46. The summed E-state index contributed by atoms with van der Waals surface area (Å²) in [6.07, 6.45) is 0.253. The Balaban J connectivity index is 1.69. The fourth-order valence-corrected chi connectivity index (χ4v) is 2.34. The van der Waals surface area contributed by atoms with Gasteiger partial charge in [0.15, 0.2) is 0 Å². The Morgan fingerprint density at radius 2 is 2.15 bits per heavy atom. The summed E-state index contributed by atoms with van der Waals surface area (Å²) < 4.78 is 5.51. The topological polar surface area (TPSA) is 56.1 Å². The minimum atomic E-state index is 0.253. The van der Waals surface area contributed by atoms with Crippen molar-refractivity contribution >= 4 is 11.6 Å². The molecular formula is C13H16ClN5O. The number of halogens is 1. The van der Waals surface area contributed by atoms with E-state index in [2.05, 4.69) is 27.2 Å². The van der Waals surface area contributed by atoms with Gasteiger partial charge in [0.05, 0.1) is 12.7 Å². The lowest BCUT2D eigenvalue weighted by molar-refractivity contribution is -0.0323. The van der Waals surface area contributed by atoms with Gasteiger partial charge in [-0.15, -0.1) is 15.0 Å². The van der Waals surface area contributed by atoms with Crippen molar-refractivity contribution in [1.82, 2.24) is 25.1 Å². The molecule has 2 aromatic rings. The van der Waals surface area contributed by atoms with Crippen LogP contribution >= 0.6 is 11.6 Å². The SMILES string of the molecule is C[C@H]1CN(Cn2nnc(-c3ccc(Cl)cc3)n2)CCO1. The maximum Gasteiger partial charge on any atom is 0.204 e. The van der Waals surface area contributed by atoms with Gasteiger partial charge in [0.1, 0.15) is 6.67 Å². The Labute approximate surface area is 122 Å². The molecule has 1 fully saturated rings. The van der Waals surface area contributed by atoms with Gasteiger partial charge in [-0.25, -0.2) is 0 Å². The molecular weight excluding hydrogens is 278 g/mol. The van der Waals surface area contributed by atoms with Crippen molar-refractivity contribution in [2.24, 2.45) is 0 Å². The Hall–Kier alpha value is -1.50. The predicted octanol–water partition coefficient (Wildman–Crippen LogP) is 1.67. The highest BCUT2D eigenvalue weighted by Crippen LogP contribution is 2.17. The van der Waals surface area contributed by atoms with Gasteiger partial charge in [0, 0.05) is 23.7 Å². The lowest BCUT2D eigenvalue weighted by Gasteiger charge is -2.30. The van der Waals surface area contributed by atoms with E-state index in [-0.39, 0.29) is 6.10 Å². The van der Waals surface area contributed by atoms with Gasteiger partial charge in [-0.2, -0.15) is 0 Å². The first-order valence-corrected chi connectivity index (χ1v) is 6.96. The second-order valence-corrected chi connectivity index (χ2v) is 5.33. The molecule has 106 valence electrons. The highest BCUT2D eigenvalue weighted by atomic mass is 35.5. The van der Waals surface area contributed by atoms with Crippen LogP contribution in [0.4, 0.5) is 0 Å². The number of morpholine rings is 1. The molecule has 3 rings (SSSR count). The minimum absolute atomic E-state index is 0.253. The predicted molar refractivity (Wildman–Crippen MR) is 75.3 cm³/mol. The zero-order valence-electron chi connectivity index (χ0n) is 11.2. The molecule has 2 heterocycles. The van der Waals surface area contributed by atoms with Crippen LogP contribution in [-0.4, -0.2) is 50.9 Å². The molecule has 0 N–H and O–H groups in total. The molecule has 0 radical (unpaired) electrons. The number of tetrazole rings is 1. The molecule has 1 aromatic carbocycles. The van der Waals surface area contributed by atoms with E-state index in [0.717, 1.165) is 25.3 Å². The van der Waals surface area contributed by atoms with E-state index in [0.29, 0.717) is 17.5 Å². The van der Waals surface area contributed by atoms with E-state index < -0.39 is 0 Å². The molecule has 1 atom stereocenters. The van der Waals surface area contributed by atoms with E-state index in [1.807, 2.05) is 24.3 Å². The van der Waals surface area contributed by atoms with Crippen LogP contribution in [0, 0.1) is 0 Å². The number of hydrogen-bond acceptors (Lipinski definition) is 5. The maximum atomic E-state index is 5.87. The maximum absolute atomic E-state index is 5.87. The third kappa shape index (κ3) is 3.15. The monoisotopic (exact) mass is 293 g/mol. The summed E-state index contributed by atoms with van der Waals surface area (Å²) in [7, 11) is 0. The van der Waals surface area contributed by atoms with E-state index in [9.17, 15) is 0 Å². The second kappa shape index (κ2) is 5.87. The van der Waals surface area contributed by atoms with Gasteiger partial charge in [-0.3, -0.25) is 4.90 Å². The Kier molecular flexibility index (Phi) is 3.95. The van der Waals surface area contributed by atoms with Crippen LogP contribution in [0.3, 0.4) is 0 Å². The van der Waals surface area contributed by atoms with E-state index in [1.54, 1.807) is 4.80 Å². The average Bonchev–Trinajstić information content (AvgIpc) is 2.88. The molecule has 20 heavy (non-hydrogen) atoms. The highest BCUT2D eigenvalue weighted by molar-refractivity contribution is 6.30. The van der Waals surface area contributed by atoms with Crippen LogP contribution in [-0.2, 0) is 11.4 Å². The fraction of sp³-hybridized carbons (Fsp3) is 0.462. The molecule has 0 spiro atoms. The third-order valence-electron chi connectivity index (χ3n) is 3.21. The Morgan fingerprint density at radius 3 is 2.90 bits per heavy atom. The van der Waals surface area contributed by atoms with Gasteiger partial charge in [0.25, 0.3) is 0 Å². The van der Waals surface area contributed by atoms with Gasteiger partial charge in [0.2, 0.25) is 5.82 Å². The lowest BCUT2D eigenvalue weighted by atomic mass is 10.2. The van der Waals surface area contributed by atoms with E-state index in [1.165, 1.54) is 0 Å². The molecule has 0 saturated carbocycles. The normalized spacial score (nSPS) is 20.2. The molecule has 0 bridgehead atoms. The van der Waals surface area contributed by atoms with E-state index >= 15 is 0 Å². The smallest absolute Gasteiger partial charge is 0.204 e. The molecule has 0 amide bonds. The largest absolute Gasteiger partial charge is 0.376 e. The lowest BCUT2D eigenvalue weighted by Crippen LogP contribution is -2.42. The van der Waals surface area contributed by atoms with Crippen LogP contribution in [0.15, 0.2) is 24.3 Å². The zero-order valence-corrected chi connectivity index (χ0v) is 12.0. The number of aromatic nitrogens is 4. The van der Waals surface area contributed by atoms with Crippen molar-refractivity contribution in [3.05, 3.63) is 29.3 Å². The first kappa shape index (κ1) is 13.5. The first-order valence-electron chi connectivity index (χ1n) is 6.58. The molecule has 6 nitrogen and oxygen atoms in total. The van der Waals surface area contributed by atoms with Crippen LogP contribution in [0.2, 0.25) is 5.02 Å². The summed E-state index contributed by atoms with van der Waals surface area (Å²) in [6.45, 7) is 5.23. The van der Waals surface area contributed by atoms with Gasteiger partial charge in [-0.05, 0) is 36.4 Å². The molecule has 0 unspecified atom stereocenters. The Morgan fingerprint density at radius 1 is 1.35 bits per heavy atom. The number of nitrogens with zero attached hydrogens (tertiary/aromatic N) is 5. The van der Waals surface area contributed by atoms with Crippen molar-refractivity contribution in [1.29, 1.82) is 0 Å². The quantitative estimate of drug-likeness (QED) is 0.862. The van der Waals surface area contributed by atoms with Crippen LogP contribution in [0.1, 0.15) is 6.92 Å². The van der Waals surface area contributed by atoms with Gasteiger partial charge >= 0.3 is 0 Å². The Bertz CT molecular complexity index is 570. The van der Waals surface area contributed by atoms with Crippen LogP contribution in [0.25, 0.3) is 11.4 Å². The average molecular weight is 294 g/mol. The summed E-state index contributed by atoms with van der Waals surface area (Å²) in [4.78, 5) is 3.86. The number of benzene rings is 1. The minimum Gasteiger partial charge on any atom is -0.376 e. The molecule has 1 aliphatic rings. The molecule has 1 aromatic heterocycles. The standard InChI is InChI=1S/C13H16ClN5O/c1-10-8-18(6-7-20-10)9-19-16-13(15-17-19)11-2-4-12(14)5-3-11/h2-5,10H,6-9H2,1H3/t10-/m0/s1. The van der Waals surface area contributed by atoms with Gasteiger partial charge in [-0.1, -0.05) is 11.6 Å². The summed E-state index contributed by atoms with van der Waals surface area (Å²) >= 11 is 5.87. The van der Waals surface area contributed by atoms with Crippen LogP contribution < -0.4 is 0 Å². The number of ether oxygens (including phenoxy) is 1.